The molecule has 0 aliphatic heterocycles. The Morgan fingerprint density at radius 2 is 2.15 bits per heavy atom. The largest absolute Gasteiger partial charge is 0.396 e. The summed E-state index contributed by atoms with van der Waals surface area (Å²) in [7, 11) is 0. The number of aromatic nitrogens is 4. The molecule has 2 bridgehead atoms. The molecule has 0 radical (unpaired) electrons. The quantitative estimate of drug-likeness (QED) is 0.853. The molecule has 2 aromatic rings. The molecule has 0 saturated heterocycles. The van der Waals surface area contributed by atoms with Gasteiger partial charge in [0.2, 0.25) is 0 Å². The lowest BCUT2D eigenvalue weighted by molar-refractivity contribution is 0.304. The fourth-order valence-electron chi connectivity index (χ4n) is 3.80. The minimum absolute atomic E-state index is 0.130. The highest BCUT2D eigenvalue weighted by atomic mass is 19.1. The fourth-order valence-corrected chi connectivity index (χ4v) is 3.80. The van der Waals surface area contributed by atoms with E-state index in [9.17, 15) is 4.39 Å². The van der Waals surface area contributed by atoms with Crippen molar-refractivity contribution in [3.63, 3.8) is 0 Å². The molecular formula is C14H16FN5. The standard InChI is InChI=1S/C14H16FN5/c15-11-4-3-10(7-12(11)16)14-17-18-19-20(14)13-6-8-1-2-9(13)5-8/h3-4,7-9,13H,1-2,5-6,16H2. The topological polar surface area (TPSA) is 69.6 Å². The second kappa shape index (κ2) is 4.26. The van der Waals surface area contributed by atoms with Gasteiger partial charge < -0.3 is 5.73 Å². The van der Waals surface area contributed by atoms with Crippen LogP contribution in [-0.2, 0) is 0 Å². The van der Waals surface area contributed by atoms with Crippen LogP contribution in [0.15, 0.2) is 18.2 Å². The van der Waals surface area contributed by atoms with E-state index in [4.69, 9.17) is 5.73 Å². The van der Waals surface area contributed by atoms with Crippen LogP contribution in [0.4, 0.5) is 10.1 Å². The second-order valence-electron chi connectivity index (χ2n) is 5.93. The van der Waals surface area contributed by atoms with E-state index in [-0.39, 0.29) is 5.69 Å². The zero-order valence-electron chi connectivity index (χ0n) is 11.0. The van der Waals surface area contributed by atoms with E-state index in [1.54, 1.807) is 12.1 Å². The highest BCUT2D eigenvalue weighted by Crippen LogP contribution is 2.51. The molecule has 1 aromatic heterocycles. The van der Waals surface area contributed by atoms with Crippen LogP contribution < -0.4 is 5.73 Å². The first kappa shape index (κ1) is 11.8. The van der Waals surface area contributed by atoms with Gasteiger partial charge in [-0.25, -0.2) is 9.07 Å². The van der Waals surface area contributed by atoms with E-state index in [0.717, 1.165) is 17.9 Å². The van der Waals surface area contributed by atoms with Crippen molar-refractivity contribution in [1.82, 2.24) is 20.2 Å². The maximum atomic E-state index is 13.3. The molecular weight excluding hydrogens is 257 g/mol. The number of nitrogens with two attached hydrogens (primary N) is 1. The highest BCUT2D eigenvalue weighted by Gasteiger charge is 2.42. The van der Waals surface area contributed by atoms with E-state index < -0.39 is 5.82 Å². The molecule has 20 heavy (non-hydrogen) atoms. The first-order chi connectivity index (χ1) is 9.72. The van der Waals surface area contributed by atoms with E-state index >= 15 is 0 Å². The molecule has 2 aliphatic rings. The SMILES string of the molecule is Nc1cc(-c2nnnn2C2CC3CCC2C3)ccc1F. The molecule has 2 aliphatic carbocycles. The van der Waals surface area contributed by atoms with Crippen LogP contribution in [0, 0.1) is 17.7 Å². The molecule has 2 saturated carbocycles. The lowest BCUT2D eigenvalue weighted by atomic mass is 9.95. The lowest BCUT2D eigenvalue weighted by Crippen LogP contribution is -2.18. The Bertz CT molecular complexity index is 653. The number of rotatable bonds is 2. The molecule has 0 spiro atoms. The molecule has 0 amide bonds. The molecule has 2 N–H and O–H groups in total. The van der Waals surface area contributed by atoms with Crippen molar-refractivity contribution in [1.29, 1.82) is 0 Å². The molecule has 6 heteroatoms. The van der Waals surface area contributed by atoms with Gasteiger partial charge in [0.15, 0.2) is 5.82 Å². The first-order valence-electron chi connectivity index (χ1n) is 7.05. The van der Waals surface area contributed by atoms with E-state index in [2.05, 4.69) is 15.5 Å². The summed E-state index contributed by atoms with van der Waals surface area (Å²) in [5.74, 6) is 1.78. The lowest BCUT2D eigenvalue weighted by Gasteiger charge is -2.22. The van der Waals surface area contributed by atoms with Crippen LogP contribution in [0.2, 0.25) is 0 Å². The Hall–Kier alpha value is -1.98. The van der Waals surface area contributed by atoms with Gasteiger partial charge in [-0.15, -0.1) is 5.10 Å². The smallest absolute Gasteiger partial charge is 0.182 e. The second-order valence-corrected chi connectivity index (χ2v) is 5.93. The van der Waals surface area contributed by atoms with Gasteiger partial charge >= 0.3 is 0 Å². The summed E-state index contributed by atoms with van der Waals surface area (Å²) in [4.78, 5) is 0. The number of hydrogen-bond donors (Lipinski definition) is 1. The van der Waals surface area contributed by atoms with Crippen molar-refractivity contribution in [3.05, 3.63) is 24.0 Å². The molecule has 5 nitrogen and oxygen atoms in total. The number of nitrogens with zero attached hydrogens (tertiary/aromatic N) is 4. The van der Waals surface area contributed by atoms with Crippen LogP contribution in [0.3, 0.4) is 0 Å². The Labute approximate surface area is 116 Å². The van der Waals surface area contributed by atoms with E-state index in [1.807, 2.05) is 4.68 Å². The number of benzene rings is 1. The maximum absolute atomic E-state index is 13.3. The summed E-state index contributed by atoms with van der Waals surface area (Å²) in [5, 5.41) is 12.1. The molecule has 1 heterocycles. The van der Waals surface area contributed by atoms with Crippen molar-refractivity contribution < 1.29 is 4.39 Å². The van der Waals surface area contributed by atoms with E-state index in [1.165, 1.54) is 25.3 Å². The average molecular weight is 273 g/mol. The maximum Gasteiger partial charge on any atom is 0.182 e. The third-order valence-electron chi connectivity index (χ3n) is 4.76. The zero-order valence-corrected chi connectivity index (χ0v) is 11.0. The van der Waals surface area contributed by atoms with Crippen molar-refractivity contribution in [3.8, 4) is 11.4 Å². The van der Waals surface area contributed by atoms with Gasteiger partial charge in [0.25, 0.3) is 0 Å². The normalized spacial score (nSPS) is 28.1. The summed E-state index contributed by atoms with van der Waals surface area (Å²) in [6.07, 6.45) is 5.04. The molecule has 3 unspecified atom stereocenters. The monoisotopic (exact) mass is 273 g/mol. The highest BCUT2D eigenvalue weighted by molar-refractivity contribution is 5.61. The average Bonchev–Trinajstić information content (AvgIpc) is 3.16. The van der Waals surface area contributed by atoms with E-state index in [0.29, 0.717) is 17.8 Å². The summed E-state index contributed by atoms with van der Waals surface area (Å²) in [6.45, 7) is 0. The summed E-state index contributed by atoms with van der Waals surface area (Å²) in [5.41, 5.74) is 6.54. The Morgan fingerprint density at radius 3 is 2.85 bits per heavy atom. The minimum atomic E-state index is -0.410. The van der Waals surface area contributed by atoms with Crippen molar-refractivity contribution in [2.24, 2.45) is 11.8 Å². The van der Waals surface area contributed by atoms with Crippen molar-refractivity contribution in [2.75, 3.05) is 5.73 Å². The summed E-state index contributed by atoms with van der Waals surface area (Å²) < 4.78 is 15.2. The van der Waals surface area contributed by atoms with Gasteiger partial charge in [-0.05, 0) is 59.7 Å². The molecule has 4 rings (SSSR count). The fraction of sp³-hybridized carbons (Fsp3) is 0.500. The third kappa shape index (κ3) is 1.71. The number of halogens is 1. The van der Waals surface area contributed by atoms with Crippen LogP contribution in [0.5, 0.6) is 0 Å². The number of anilines is 1. The van der Waals surface area contributed by atoms with Crippen molar-refractivity contribution in [2.45, 2.75) is 31.7 Å². The van der Waals surface area contributed by atoms with Crippen LogP contribution in [0.25, 0.3) is 11.4 Å². The number of fused-ring (bicyclic) bond motifs is 2. The minimum Gasteiger partial charge on any atom is -0.396 e. The predicted molar refractivity (Wildman–Crippen MR) is 72.1 cm³/mol. The van der Waals surface area contributed by atoms with Gasteiger partial charge in [-0.2, -0.15) is 0 Å². The number of tetrazole rings is 1. The molecule has 3 atom stereocenters. The number of nitrogen functional groups attached to an aromatic ring is 1. The van der Waals surface area contributed by atoms with Gasteiger partial charge in [0.05, 0.1) is 11.7 Å². The Balaban J connectivity index is 1.73. The Kier molecular flexibility index (Phi) is 2.52. The number of hydrogen-bond acceptors (Lipinski definition) is 4. The van der Waals surface area contributed by atoms with Crippen molar-refractivity contribution >= 4 is 5.69 Å². The van der Waals surface area contributed by atoms with Gasteiger partial charge in [-0.1, -0.05) is 6.42 Å². The molecule has 104 valence electrons. The van der Waals surface area contributed by atoms with Crippen LogP contribution >= 0.6 is 0 Å². The van der Waals surface area contributed by atoms with Crippen LogP contribution in [0.1, 0.15) is 31.7 Å². The summed E-state index contributed by atoms with van der Waals surface area (Å²) >= 11 is 0. The predicted octanol–water partition coefficient (Wildman–Crippen LogP) is 2.42. The molecule has 1 aromatic carbocycles. The van der Waals surface area contributed by atoms with Gasteiger partial charge in [0.1, 0.15) is 5.82 Å². The Morgan fingerprint density at radius 1 is 1.25 bits per heavy atom. The molecule has 2 fully saturated rings. The summed E-state index contributed by atoms with van der Waals surface area (Å²) in [6, 6.07) is 5.03. The third-order valence-corrected chi connectivity index (χ3v) is 4.76. The first-order valence-corrected chi connectivity index (χ1v) is 7.05. The van der Waals surface area contributed by atoms with Gasteiger partial charge in [-0.3, -0.25) is 0 Å². The van der Waals surface area contributed by atoms with Crippen LogP contribution in [-0.4, -0.2) is 20.2 Å². The zero-order chi connectivity index (χ0) is 13.7. The van der Waals surface area contributed by atoms with Gasteiger partial charge in [0, 0.05) is 5.56 Å².